The fourth-order valence-electron chi connectivity index (χ4n) is 2.53. The number of nitrogens with one attached hydrogen (secondary N) is 1. The zero-order chi connectivity index (χ0) is 13.7. The van der Waals surface area contributed by atoms with Crippen LogP contribution < -0.4 is 16.0 Å². The van der Waals surface area contributed by atoms with Gasteiger partial charge in [0.2, 0.25) is 5.91 Å². The van der Waals surface area contributed by atoms with Crippen LogP contribution in [0.1, 0.15) is 31.7 Å². The quantitative estimate of drug-likeness (QED) is 0.629. The zero-order valence-corrected chi connectivity index (χ0v) is 11.6. The molecular weight excluding hydrogens is 238 g/mol. The summed E-state index contributed by atoms with van der Waals surface area (Å²) in [6.07, 6.45) is 4.21. The lowest BCUT2D eigenvalue weighted by Crippen LogP contribution is -2.40. The second kappa shape index (κ2) is 6.45. The predicted molar refractivity (Wildman–Crippen MR) is 79.3 cm³/mol. The number of fused-ring (bicyclic) bond motifs is 1. The molecule has 0 saturated carbocycles. The van der Waals surface area contributed by atoms with Crippen molar-refractivity contribution >= 4 is 17.3 Å². The summed E-state index contributed by atoms with van der Waals surface area (Å²) in [4.78, 5) is 14.0. The number of carbonyl (C=O) groups excluding carboxylic acids is 1. The summed E-state index contributed by atoms with van der Waals surface area (Å²) in [6, 6.07) is 5.95. The van der Waals surface area contributed by atoms with E-state index in [0.29, 0.717) is 6.54 Å². The van der Waals surface area contributed by atoms with Gasteiger partial charge in [-0.3, -0.25) is 4.79 Å². The van der Waals surface area contributed by atoms with Crippen molar-refractivity contribution in [3.8, 4) is 0 Å². The lowest BCUT2D eigenvalue weighted by atomic mass is 10.00. The highest BCUT2D eigenvalue weighted by Crippen LogP contribution is 2.30. The largest absolute Gasteiger partial charge is 0.398 e. The summed E-state index contributed by atoms with van der Waals surface area (Å²) in [7, 11) is 0. The van der Waals surface area contributed by atoms with E-state index in [1.807, 2.05) is 12.1 Å². The Labute approximate surface area is 115 Å². The minimum absolute atomic E-state index is 0.101. The number of amides is 1. The summed E-state index contributed by atoms with van der Waals surface area (Å²) < 4.78 is 0. The van der Waals surface area contributed by atoms with Crippen LogP contribution >= 0.6 is 0 Å². The van der Waals surface area contributed by atoms with Gasteiger partial charge < -0.3 is 16.0 Å². The van der Waals surface area contributed by atoms with Gasteiger partial charge in [0.15, 0.2) is 0 Å². The van der Waals surface area contributed by atoms with E-state index in [4.69, 9.17) is 5.73 Å². The third-order valence-corrected chi connectivity index (χ3v) is 3.57. The van der Waals surface area contributed by atoms with Crippen LogP contribution in [0.3, 0.4) is 0 Å². The van der Waals surface area contributed by atoms with Gasteiger partial charge in [0, 0.05) is 24.5 Å². The Morgan fingerprint density at radius 1 is 1.47 bits per heavy atom. The number of nitrogens with two attached hydrogens (primary N) is 1. The Hall–Kier alpha value is -1.71. The fraction of sp³-hybridized carbons (Fsp3) is 0.533. The van der Waals surface area contributed by atoms with Gasteiger partial charge in [0.1, 0.15) is 0 Å². The van der Waals surface area contributed by atoms with Crippen LogP contribution in [-0.4, -0.2) is 25.5 Å². The van der Waals surface area contributed by atoms with Crippen LogP contribution in [0.4, 0.5) is 11.4 Å². The maximum Gasteiger partial charge on any atom is 0.239 e. The predicted octanol–water partition coefficient (Wildman–Crippen LogP) is 1.94. The highest BCUT2D eigenvalue weighted by Gasteiger charge is 2.20. The number of benzene rings is 1. The highest BCUT2D eigenvalue weighted by atomic mass is 16.2. The Kier molecular flexibility index (Phi) is 4.66. The summed E-state index contributed by atoms with van der Waals surface area (Å²) in [6.45, 7) is 4.25. The molecule has 0 fully saturated rings. The number of carbonyl (C=O) groups is 1. The molecule has 104 valence electrons. The molecule has 1 heterocycles. The highest BCUT2D eigenvalue weighted by molar-refractivity contribution is 5.82. The first-order chi connectivity index (χ1) is 9.22. The first kappa shape index (κ1) is 13.7. The van der Waals surface area contributed by atoms with E-state index in [-0.39, 0.29) is 5.91 Å². The Bertz CT molecular complexity index is 445. The normalized spacial score (nSPS) is 14.1. The summed E-state index contributed by atoms with van der Waals surface area (Å²) in [5.41, 5.74) is 9.16. The third-order valence-electron chi connectivity index (χ3n) is 3.57. The number of rotatable bonds is 5. The lowest BCUT2D eigenvalue weighted by Gasteiger charge is -2.31. The number of nitrogens with zero attached hydrogens (tertiary/aromatic N) is 1. The molecule has 4 heteroatoms. The molecule has 2 rings (SSSR count). The topological polar surface area (TPSA) is 58.4 Å². The van der Waals surface area contributed by atoms with Gasteiger partial charge in [-0.15, -0.1) is 0 Å². The van der Waals surface area contributed by atoms with Gasteiger partial charge in [-0.25, -0.2) is 0 Å². The molecule has 4 nitrogen and oxygen atoms in total. The minimum Gasteiger partial charge on any atom is -0.398 e. The van der Waals surface area contributed by atoms with E-state index >= 15 is 0 Å². The second-order valence-corrected chi connectivity index (χ2v) is 5.07. The molecule has 0 unspecified atom stereocenters. The van der Waals surface area contributed by atoms with Gasteiger partial charge in [0.05, 0.1) is 6.54 Å². The van der Waals surface area contributed by atoms with Gasteiger partial charge in [-0.1, -0.05) is 19.4 Å². The van der Waals surface area contributed by atoms with Crippen LogP contribution in [0.2, 0.25) is 0 Å². The van der Waals surface area contributed by atoms with Gasteiger partial charge in [-0.2, -0.15) is 0 Å². The summed E-state index contributed by atoms with van der Waals surface area (Å²) >= 11 is 0. The molecule has 19 heavy (non-hydrogen) atoms. The van der Waals surface area contributed by atoms with Crippen molar-refractivity contribution in [3.63, 3.8) is 0 Å². The molecule has 1 aliphatic rings. The molecule has 0 spiro atoms. The average molecular weight is 261 g/mol. The lowest BCUT2D eigenvalue weighted by molar-refractivity contribution is -0.119. The van der Waals surface area contributed by atoms with E-state index < -0.39 is 0 Å². The second-order valence-electron chi connectivity index (χ2n) is 5.07. The number of hydrogen-bond acceptors (Lipinski definition) is 3. The SMILES string of the molecule is CCCCNC(=O)CN1CCCc2c(N)cccc21. The van der Waals surface area contributed by atoms with Crippen LogP contribution in [0, 0.1) is 0 Å². The Morgan fingerprint density at radius 2 is 2.32 bits per heavy atom. The van der Waals surface area contributed by atoms with E-state index in [1.165, 1.54) is 5.56 Å². The molecular formula is C15H23N3O. The molecule has 0 aliphatic carbocycles. The number of hydrogen-bond donors (Lipinski definition) is 2. The first-order valence-corrected chi connectivity index (χ1v) is 7.11. The third kappa shape index (κ3) is 3.40. The minimum atomic E-state index is 0.101. The van der Waals surface area contributed by atoms with Crippen molar-refractivity contribution in [1.82, 2.24) is 5.32 Å². The van der Waals surface area contributed by atoms with E-state index in [1.54, 1.807) is 0 Å². The monoisotopic (exact) mass is 261 g/mol. The molecule has 1 amide bonds. The molecule has 1 aromatic rings. The Morgan fingerprint density at radius 3 is 3.11 bits per heavy atom. The summed E-state index contributed by atoms with van der Waals surface area (Å²) in [5.74, 6) is 0.101. The van der Waals surface area contributed by atoms with Crippen LogP contribution in [0.25, 0.3) is 0 Å². The van der Waals surface area contributed by atoms with Gasteiger partial charge >= 0.3 is 0 Å². The molecule has 1 aromatic carbocycles. The fourth-order valence-corrected chi connectivity index (χ4v) is 2.53. The maximum atomic E-state index is 11.9. The van der Waals surface area contributed by atoms with Crippen molar-refractivity contribution in [2.75, 3.05) is 30.3 Å². The van der Waals surface area contributed by atoms with Crippen LogP contribution in [0.15, 0.2) is 18.2 Å². The molecule has 1 aliphatic heterocycles. The molecule has 0 bridgehead atoms. The molecule has 0 aromatic heterocycles. The standard InChI is InChI=1S/C15H23N3O/c1-2-3-9-17-15(19)11-18-10-5-6-12-13(16)7-4-8-14(12)18/h4,7-8H,2-3,5-6,9-11,16H2,1H3,(H,17,19). The van der Waals surface area contributed by atoms with Gasteiger partial charge in [-0.05, 0) is 37.0 Å². The number of anilines is 2. The number of nitrogen functional groups attached to an aromatic ring is 1. The van der Waals surface area contributed by atoms with Gasteiger partial charge in [0.25, 0.3) is 0 Å². The van der Waals surface area contributed by atoms with E-state index in [2.05, 4.69) is 23.2 Å². The van der Waals surface area contributed by atoms with Crippen LogP contribution in [0.5, 0.6) is 0 Å². The van der Waals surface area contributed by atoms with Crippen molar-refractivity contribution < 1.29 is 4.79 Å². The van der Waals surface area contributed by atoms with Crippen molar-refractivity contribution in [1.29, 1.82) is 0 Å². The van der Waals surface area contributed by atoms with E-state index in [9.17, 15) is 4.79 Å². The number of unbranched alkanes of at least 4 members (excludes halogenated alkanes) is 1. The summed E-state index contributed by atoms with van der Waals surface area (Å²) in [5, 5.41) is 2.96. The van der Waals surface area contributed by atoms with Crippen molar-refractivity contribution in [3.05, 3.63) is 23.8 Å². The van der Waals surface area contributed by atoms with Crippen molar-refractivity contribution in [2.45, 2.75) is 32.6 Å². The van der Waals surface area contributed by atoms with Crippen LogP contribution in [-0.2, 0) is 11.2 Å². The molecule has 3 N–H and O–H groups in total. The molecule has 0 atom stereocenters. The smallest absolute Gasteiger partial charge is 0.239 e. The molecule has 0 saturated heterocycles. The first-order valence-electron chi connectivity index (χ1n) is 7.11. The maximum absolute atomic E-state index is 11.9. The Balaban J connectivity index is 1.99. The molecule has 0 radical (unpaired) electrons. The zero-order valence-electron chi connectivity index (χ0n) is 11.6. The van der Waals surface area contributed by atoms with E-state index in [0.717, 1.165) is 50.1 Å². The average Bonchev–Trinajstić information content (AvgIpc) is 2.40. The van der Waals surface area contributed by atoms with Crippen molar-refractivity contribution in [2.24, 2.45) is 0 Å².